The SMILES string of the molecule is C[Si](C)(C)N1CNC2C(N=O)N(CCCCCCCNC(=O)c3ccc(O)cc3)CNC21. The van der Waals surface area contributed by atoms with E-state index >= 15 is 0 Å². The van der Waals surface area contributed by atoms with Gasteiger partial charge in [0.1, 0.15) is 14.0 Å². The van der Waals surface area contributed by atoms with Crippen molar-refractivity contribution in [2.75, 3.05) is 26.4 Å². The van der Waals surface area contributed by atoms with Crippen LogP contribution < -0.4 is 16.0 Å². The molecule has 0 radical (unpaired) electrons. The molecule has 2 fully saturated rings. The molecule has 2 aliphatic heterocycles. The Morgan fingerprint density at radius 3 is 2.47 bits per heavy atom. The maximum atomic E-state index is 12.0. The van der Waals surface area contributed by atoms with Gasteiger partial charge in [0.25, 0.3) is 5.91 Å². The third-order valence-electron chi connectivity index (χ3n) is 6.38. The molecule has 2 heterocycles. The molecule has 1 aromatic rings. The summed E-state index contributed by atoms with van der Waals surface area (Å²) in [5, 5.41) is 22.8. The molecular weight excluding hydrogens is 424 g/mol. The number of benzene rings is 1. The number of phenols is 1. The van der Waals surface area contributed by atoms with Gasteiger partial charge in [0.15, 0.2) is 6.17 Å². The Kier molecular flexibility index (Phi) is 8.77. The highest BCUT2D eigenvalue weighted by molar-refractivity contribution is 6.73. The fourth-order valence-corrected chi connectivity index (χ4v) is 6.18. The molecule has 9 nitrogen and oxygen atoms in total. The molecule has 32 heavy (non-hydrogen) atoms. The number of hydrogen-bond acceptors (Lipinski definition) is 8. The lowest BCUT2D eigenvalue weighted by atomic mass is 10.1. The largest absolute Gasteiger partial charge is 0.508 e. The van der Waals surface area contributed by atoms with Crippen LogP contribution >= 0.6 is 0 Å². The second-order valence-electron chi connectivity index (χ2n) is 9.74. The Balaban J connectivity index is 1.29. The molecule has 2 saturated heterocycles. The van der Waals surface area contributed by atoms with Crippen molar-refractivity contribution in [2.45, 2.75) is 70.1 Å². The van der Waals surface area contributed by atoms with Gasteiger partial charge in [0, 0.05) is 25.3 Å². The third kappa shape index (κ3) is 6.35. The van der Waals surface area contributed by atoms with Gasteiger partial charge >= 0.3 is 0 Å². The molecule has 2 aliphatic rings. The second-order valence-corrected chi connectivity index (χ2v) is 14.7. The Hall–Kier alpha value is -1.85. The van der Waals surface area contributed by atoms with Crippen LogP contribution in [0.1, 0.15) is 42.5 Å². The average Bonchev–Trinajstić information content (AvgIpc) is 3.20. The van der Waals surface area contributed by atoms with E-state index < -0.39 is 8.24 Å². The molecular formula is C22H38N6O3Si. The van der Waals surface area contributed by atoms with Crippen molar-refractivity contribution >= 4 is 14.1 Å². The van der Waals surface area contributed by atoms with E-state index in [4.69, 9.17) is 0 Å². The predicted molar refractivity (Wildman–Crippen MR) is 129 cm³/mol. The molecule has 1 amide bonds. The van der Waals surface area contributed by atoms with Gasteiger partial charge in [-0.1, -0.05) is 38.9 Å². The molecule has 3 rings (SSSR count). The second kappa shape index (κ2) is 11.3. The number of hydrogen-bond donors (Lipinski definition) is 4. The van der Waals surface area contributed by atoms with Crippen molar-refractivity contribution in [1.82, 2.24) is 25.4 Å². The number of carbonyl (C=O) groups is 1. The number of unbranched alkanes of at least 4 members (excludes halogenated alkanes) is 4. The van der Waals surface area contributed by atoms with E-state index in [0.29, 0.717) is 18.8 Å². The number of rotatable bonds is 11. The molecule has 0 bridgehead atoms. The van der Waals surface area contributed by atoms with Crippen molar-refractivity contribution in [3.05, 3.63) is 34.7 Å². The van der Waals surface area contributed by atoms with Crippen molar-refractivity contribution < 1.29 is 9.90 Å². The lowest BCUT2D eigenvalue weighted by Crippen LogP contribution is -2.67. The Bertz CT molecular complexity index is 757. The molecule has 0 aromatic heterocycles. The Morgan fingerprint density at radius 2 is 1.78 bits per heavy atom. The van der Waals surface area contributed by atoms with E-state index in [9.17, 15) is 14.8 Å². The minimum absolute atomic E-state index is 0.0465. The monoisotopic (exact) mass is 462 g/mol. The third-order valence-corrected chi connectivity index (χ3v) is 8.54. The quantitative estimate of drug-likeness (QED) is 0.227. The summed E-state index contributed by atoms with van der Waals surface area (Å²) in [6, 6.07) is 6.32. The van der Waals surface area contributed by atoms with Crippen molar-refractivity contribution in [2.24, 2.45) is 5.18 Å². The summed E-state index contributed by atoms with van der Waals surface area (Å²) in [5.74, 6) is 0.0477. The van der Waals surface area contributed by atoms with Gasteiger partial charge in [-0.3, -0.25) is 24.9 Å². The highest BCUT2D eigenvalue weighted by atomic mass is 28.3. The first-order valence-corrected chi connectivity index (χ1v) is 15.1. The van der Waals surface area contributed by atoms with Crippen LogP contribution in [-0.2, 0) is 0 Å². The normalized spacial score (nSPS) is 24.3. The predicted octanol–water partition coefficient (Wildman–Crippen LogP) is 2.42. The smallest absolute Gasteiger partial charge is 0.251 e. The first-order chi connectivity index (χ1) is 15.3. The van der Waals surface area contributed by atoms with Gasteiger partial charge in [-0.05, 0) is 42.3 Å². The molecule has 10 heteroatoms. The van der Waals surface area contributed by atoms with Gasteiger partial charge in [-0.25, -0.2) is 0 Å². The van der Waals surface area contributed by atoms with Crippen molar-refractivity contribution in [1.29, 1.82) is 0 Å². The van der Waals surface area contributed by atoms with Gasteiger partial charge in [-0.15, -0.1) is 4.91 Å². The van der Waals surface area contributed by atoms with E-state index in [2.05, 4.69) is 50.2 Å². The van der Waals surface area contributed by atoms with Gasteiger partial charge in [0.05, 0.1) is 18.9 Å². The molecule has 3 unspecified atom stereocenters. The Labute approximate surface area is 192 Å². The number of nitrogens with one attached hydrogen (secondary N) is 3. The highest BCUT2D eigenvalue weighted by Crippen LogP contribution is 2.26. The summed E-state index contributed by atoms with van der Waals surface area (Å²) in [7, 11) is -1.46. The van der Waals surface area contributed by atoms with Crippen LogP contribution in [0.25, 0.3) is 0 Å². The molecule has 4 N–H and O–H groups in total. The molecule has 178 valence electrons. The molecule has 1 aromatic carbocycles. The summed E-state index contributed by atoms with van der Waals surface area (Å²) >= 11 is 0. The topological polar surface area (TPSA) is 109 Å². The van der Waals surface area contributed by atoms with Crippen molar-refractivity contribution in [3.8, 4) is 5.75 Å². The maximum absolute atomic E-state index is 12.0. The fraction of sp³-hybridized carbons (Fsp3) is 0.682. The molecule has 0 aliphatic carbocycles. The van der Waals surface area contributed by atoms with Gasteiger partial charge in [0.2, 0.25) is 0 Å². The van der Waals surface area contributed by atoms with Crippen molar-refractivity contribution in [3.63, 3.8) is 0 Å². The summed E-state index contributed by atoms with van der Waals surface area (Å²) in [4.78, 5) is 25.8. The Morgan fingerprint density at radius 1 is 1.09 bits per heavy atom. The number of fused-ring (bicyclic) bond motifs is 1. The number of carbonyl (C=O) groups excluding carboxylic acids is 1. The minimum atomic E-state index is -1.46. The molecule has 3 atom stereocenters. The van der Waals surface area contributed by atoms with Crippen LogP contribution in [0.4, 0.5) is 0 Å². The van der Waals surface area contributed by atoms with Crippen LogP contribution in [0.5, 0.6) is 5.75 Å². The standard InChI is InChI=1S/C22H38N6O3Si/c1-32(2,3)28-16-24-19-20(28)25-15-27(21(19)26-31)14-8-6-4-5-7-13-23-22(30)17-9-11-18(29)12-10-17/h9-12,19-21,24-25,29H,4-8,13-16H2,1-3H3,(H,23,30). The van der Waals surface area contributed by atoms with E-state index in [1.807, 2.05) is 0 Å². The van der Waals surface area contributed by atoms with Gasteiger partial charge < -0.3 is 10.4 Å². The lowest BCUT2D eigenvalue weighted by Gasteiger charge is -2.44. The first-order valence-electron chi connectivity index (χ1n) is 11.7. The summed E-state index contributed by atoms with van der Waals surface area (Å²) < 4.78 is 2.49. The van der Waals surface area contributed by atoms with Crippen LogP contribution in [0.15, 0.2) is 29.4 Å². The van der Waals surface area contributed by atoms with E-state index in [-0.39, 0.29) is 30.0 Å². The number of aromatic hydroxyl groups is 1. The zero-order chi connectivity index (χ0) is 23.1. The van der Waals surface area contributed by atoms with Gasteiger partial charge in [-0.2, -0.15) is 0 Å². The summed E-state index contributed by atoms with van der Waals surface area (Å²) in [5.41, 5.74) is 0.559. The fourth-order valence-electron chi connectivity index (χ4n) is 4.53. The first kappa shape index (κ1) is 24.8. The van der Waals surface area contributed by atoms with Crippen LogP contribution in [0, 0.1) is 4.91 Å². The lowest BCUT2D eigenvalue weighted by molar-refractivity contribution is 0.0747. The number of amides is 1. The zero-order valence-corrected chi connectivity index (χ0v) is 20.5. The average molecular weight is 463 g/mol. The summed E-state index contributed by atoms with van der Waals surface area (Å²) in [6.07, 6.45) is 5.09. The number of nitroso groups, excluding NO2 is 1. The maximum Gasteiger partial charge on any atom is 0.251 e. The highest BCUT2D eigenvalue weighted by Gasteiger charge is 2.48. The van der Waals surface area contributed by atoms with Crippen LogP contribution in [0.2, 0.25) is 19.6 Å². The minimum Gasteiger partial charge on any atom is -0.508 e. The zero-order valence-electron chi connectivity index (χ0n) is 19.5. The summed E-state index contributed by atoms with van der Waals surface area (Å²) in [6.45, 7) is 10.0. The van der Waals surface area contributed by atoms with E-state index in [0.717, 1.165) is 45.3 Å². The molecule has 0 saturated carbocycles. The number of nitrogens with zero attached hydrogens (tertiary/aromatic N) is 3. The van der Waals surface area contributed by atoms with E-state index in [1.54, 1.807) is 12.1 Å². The van der Waals surface area contributed by atoms with Crippen LogP contribution in [-0.4, -0.2) is 73.5 Å². The molecule has 0 spiro atoms. The number of phenolic OH excluding ortho intramolecular Hbond substituents is 1. The van der Waals surface area contributed by atoms with E-state index in [1.165, 1.54) is 12.1 Å². The van der Waals surface area contributed by atoms with Crippen LogP contribution in [0.3, 0.4) is 0 Å².